The Bertz CT molecular complexity index is 441. The normalized spacial score (nSPS) is 31.7. The monoisotopic (exact) mass is 273 g/mol. The summed E-state index contributed by atoms with van der Waals surface area (Å²) in [5.41, 5.74) is 1.66. The SMILES string of the molecule is CC(C)C1CN(Cc2cccnc2)C(C)(C2CC2)CN1. The van der Waals surface area contributed by atoms with Crippen LogP contribution in [0.2, 0.25) is 0 Å². The van der Waals surface area contributed by atoms with Crippen LogP contribution >= 0.6 is 0 Å². The van der Waals surface area contributed by atoms with E-state index in [2.05, 4.69) is 42.0 Å². The summed E-state index contributed by atoms with van der Waals surface area (Å²) in [5.74, 6) is 1.56. The lowest BCUT2D eigenvalue weighted by atomic mass is 9.87. The predicted molar refractivity (Wildman–Crippen MR) is 82.4 cm³/mol. The van der Waals surface area contributed by atoms with Gasteiger partial charge in [0, 0.05) is 43.6 Å². The molecule has 0 bridgehead atoms. The Hall–Kier alpha value is -0.930. The third-order valence-corrected chi connectivity index (χ3v) is 5.22. The van der Waals surface area contributed by atoms with Crippen molar-refractivity contribution in [1.82, 2.24) is 15.2 Å². The fourth-order valence-corrected chi connectivity index (χ4v) is 3.47. The summed E-state index contributed by atoms with van der Waals surface area (Å²) >= 11 is 0. The second-order valence-electron chi connectivity index (χ2n) is 7.10. The van der Waals surface area contributed by atoms with Gasteiger partial charge in [-0.15, -0.1) is 0 Å². The summed E-state index contributed by atoms with van der Waals surface area (Å²) in [7, 11) is 0. The quantitative estimate of drug-likeness (QED) is 0.914. The van der Waals surface area contributed by atoms with Crippen LogP contribution in [0.5, 0.6) is 0 Å². The second kappa shape index (κ2) is 5.45. The van der Waals surface area contributed by atoms with E-state index in [4.69, 9.17) is 0 Å². The maximum atomic E-state index is 4.27. The Morgan fingerprint density at radius 3 is 2.85 bits per heavy atom. The van der Waals surface area contributed by atoms with Gasteiger partial charge in [0.2, 0.25) is 0 Å². The Balaban J connectivity index is 1.78. The van der Waals surface area contributed by atoms with E-state index in [0.717, 1.165) is 25.6 Å². The van der Waals surface area contributed by atoms with Gasteiger partial charge in [0.25, 0.3) is 0 Å². The van der Waals surface area contributed by atoms with Crippen molar-refractivity contribution in [2.45, 2.75) is 51.7 Å². The van der Waals surface area contributed by atoms with Gasteiger partial charge in [0.05, 0.1) is 0 Å². The lowest BCUT2D eigenvalue weighted by Crippen LogP contribution is -2.65. The first-order valence-electron chi connectivity index (χ1n) is 7.97. The Morgan fingerprint density at radius 2 is 2.25 bits per heavy atom. The van der Waals surface area contributed by atoms with Gasteiger partial charge in [-0.3, -0.25) is 9.88 Å². The van der Waals surface area contributed by atoms with E-state index in [9.17, 15) is 0 Å². The van der Waals surface area contributed by atoms with E-state index in [1.807, 2.05) is 18.5 Å². The minimum atomic E-state index is 0.321. The van der Waals surface area contributed by atoms with Gasteiger partial charge < -0.3 is 5.32 Å². The average Bonchev–Trinajstić information content (AvgIpc) is 3.27. The van der Waals surface area contributed by atoms with Crippen LogP contribution in [0.15, 0.2) is 24.5 Å². The molecule has 2 fully saturated rings. The zero-order valence-corrected chi connectivity index (χ0v) is 13.0. The number of hydrogen-bond donors (Lipinski definition) is 1. The van der Waals surface area contributed by atoms with Gasteiger partial charge in [-0.05, 0) is 43.2 Å². The molecule has 2 unspecified atom stereocenters. The van der Waals surface area contributed by atoms with E-state index in [-0.39, 0.29) is 0 Å². The molecule has 3 heteroatoms. The highest BCUT2D eigenvalue weighted by molar-refractivity contribution is 5.12. The number of rotatable bonds is 4. The highest BCUT2D eigenvalue weighted by Gasteiger charge is 2.48. The van der Waals surface area contributed by atoms with Crippen LogP contribution < -0.4 is 5.32 Å². The molecule has 2 atom stereocenters. The third kappa shape index (κ3) is 2.75. The largest absolute Gasteiger partial charge is 0.311 e. The zero-order valence-electron chi connectivity index (χ0n) is 13.0. The van der Waals surface area contributed by atoms with Gasteiger partial charge in [0.15, 0.2) is 0 Å². The molecule has 1 N–H and O–H groups in total. The molecule has 0 amide bonds. The van der Waals surface area contributed by atoms with Gasteiger partial charge in [-0.1, -0.05) is 19.9 Å². The molecule has 1 aliphatic carbocycles. The van der Waals surface area contributed by atoms with Crippen molar-refractivity contribution in [3.05, 3.63) is 30.1 Å². The maximum absolute atomic E-state index is 4.27. The molecule has 1 aliphatic heterocycles. The maximum Gasteiger partial charge on any atom is 0.0338 e. The first-order chi connectivity index (χ1) is 9.59. The van der Waals surface area contributed by atoms with Gasteiger partial charge in [-0.2, -0.15) is 0 Å². The summed E-state index contributed by atoms with van der Waals surface area (Å²) in [4.78, 5) is 6.98. The van der Waals surface area contributed by atoms with Crippen molar-refractivity contribution >= 4 is 0 Å². The molecular formula is C17H27N3. The molecule has 1 aromatic heterocycles. The van der Waals surface area contributed by atoms with E-state index >= 15 is 0 Å². The molecule has 2 heterocycles. The first-order valence-corrected chi connectivity index (χ1v) is 7.97. The van der Waals surface area contributed by atoms with Crippen LogP contribution in [-0.2, 0) is 6.54 Å². The van der Waals surface area contributed by atoms with Crippen molar-refractivity contribution in [3.8, 4) is 0 Å². The van der Waals surface area contributed by atoms with E-state index < -0.39 is 0 Å². The van der Waals surface area contributed by atoms with Crippen molar-refractivity contribution in [2.75, 3.05) is 13.1 Å². The van der Waals surface area contributed by atoms with E-state index in [1.165, 1.54) is 18.4 Å². The number of aromatic nitrogens is 1. The van der Waals surface area contributed by atoms with Crippen LogP contribution in [0.1, 0.15) is 39.2 Å². The van der Waals surface area contributed by atoms with Crippen molar-refractivity contribution < 1.29 is 0 Å². The molecule has 3 rings (SSSR count). The summed E-state index contributed by atoms with van der Waals surface area (Å²) in [6.07, 6.45) is 6.67. The second-order valence-corrected chi connectivity index (χ2v) is 7.10. The van der Waals surface area contributed by atoms with E-state index in [1.54, 1.807) is 0 Å². The summed E-state index contributed by atoms with van der Waals surface area (Å²) in [5, 5.41) is 3.79. The van der Waals surface area contributed by atoms with E-state index in [0.29, 0.717) is 17.5 Å². The molecular weight excluding hydrogens is 246 g/mol. The molecule has 0 radical (unpaired) electrons. The molecule has 1 aromatic rings. The first kappa shape index (κ1) is 14.0. The van der Waals surface area contributed by atoms with Crippen LogP contribution in [0.25, 0.3) is 0 Å². The molecule has 0 spiro atoms. The van der Waals surface area contributed by atoms with Crippen LogP contribution in [0, 0.1) is 11.8 Å². The average molecular weight is 273 g/mol. The lowest BCUT2D eigenvalue weighted by molar-refractivity contribution is 0.0186. The van der Waals surface area contributed by atoms with Crippen LogP contribution in [0.4, 0.5) is 0 Å². The zero-order chi connectivity index (χ0) is 14.2. The molecule has 1 saturated carbocycles. The van der Waals surface area contributed by atoms with Gasteiger partial charge >= 0.3 is 0 Å². The topological polar surface area (TPSA) is 28.2 Å². The number of nitrogens with zero attached hydrogens (tertiary/aromatic N) is 2. The molecule has 110 valence electrons. The fraction of sp³-hybridized carbons (Fsp3) is 0.706. The van der Waals surface area contributed by atoms with Gasteiger partial charge in [0.1, 0.15) is 0 Å². The standard InChI is InChI=1S/C17H27N3/c1-13(2)16-11-20(10-14-5-4-8-18-9-14)17(3,12-19-16)15-6-7-15/h4-5,8-9,13,15-16,19H,6-7,10-12H2,1-3H3. The van der Waals surface area contributed by atoms with Crippen molar-refractivity contribution in [2.24, 2.45) is 11.8 Å². The van der Waals surface area contributed by atoms with Crippen molar-refractivity contribution in [3.63, 3.8) is 0 Å². The Morgan fingerprint density at radius 1 is 1.45 bits per heavy atom. The lowest BCUT2D eigenvalue weighted by Gasteiger charge is -2.49. The molecule has 20 heavy (non-hydrogen) atoms. The molecule has 3 nitrogen and oxygen atoms in total. The van der Waals surface area contributed by atoms with Crippen LogP contribution in [-0.4, -0.2) is 34.6 Å². The third-order valence-electron chi connectivity index (χ3n) is 5.22. The number of piperazine rings is 1. The predicted octanol–water partition coefficient (Wildman–Crippen LogP) is 2.68. The number of pyridine rings is 1. The minimum absolute atomic E-state index is 0.321. The summed E-state index contributed by atoms with van der Waals surface area (Å²) < 4.78 is 0. The fourth-order valence-electron chi connectivity index (χ4n) is 3.47. The highest BCUT2D eigenvalue weighted by atomic mass is 15.3. The highest BCUT2D eigenvalue weighted by Crippen LogP contribution is 2.44. The Kier molecular flexibility index (Phi) is 3.83. The number of nitrogens with one attached hydrogen (secondary N) is 1. The summed E-state index contributed by atoms with van der Waals surface area (Å²) in [6, 6.07) is 4.86. The van der Waals surface area contributed by atoms with Crippen LogP contribution in [0.3, 0.4) is 0 Å². The molecule has 2 aliphatic rings. The number of hydrogen-bond acceptors (Lipinski definition) is 3. The Labute approximate surface area is 122 Å². The minimum Gasteiger partial charge on any atom is -0.311 e. The van der Waals surface area contributed by atoms with Gasteiger partial charge in [-0.25, -0.2) is 0 Å². The summed E-state index contributed by atoms with van der Waals surface area (Å²) in [6.45, 7) is 10.4. The van der Waals surface area contributed by atoms with Crippen molar-refractivity contribution in [1.29, 1.82) is 0 Å². The molecule has 0 aromatic carbocycles. The smallest absolute Gasteiger partial charge is 0.0338 e. The molecule has 1 saturated heterocycles.